The molecule has 1 aliphatic rings. The number of aromatic nitrogens is 2. The third kappa shape index (κ3) is 2.87. The molecule has 1 unspecified atom stereocenters. The first kappa shape index (κ1) is 14.3. The average molecular weight is 305 g/mol. The highest BCUT2D eigenvalue weighted by molar-refractivity contribution is 6.29. The van der Waals surface area contributed by atoms with E-state index in [0.717, 1.165) is 12.0 Å². The molecule has 4 nitrogen and oxygen atoms in total. The van der Waals surface area contributed by atoms with Gasteiger partial charge in [-0.15, -0.1) is 0 Å². The van der Waals surface area contributed by atoms with E-state index in [2.05, 4.69) is 17.1 Å². The summed E-state index contributed by atoms with van der Waals surface area (Å²) in [5.41, 5.74) is 2.33. The van der Waals surface area contributed by atoms with E-state index in [9.17, 15) is 4.79 Å². The van der Waals surface area contributed by atoms with Crippen LogP contribution in [-0.4, -0.2) is 16.2 Å². The van der Waals surface area contributed by atoms with E-state index in [1.54, 1.807) is 4.57 Å². The normalized spacial score (nSPS) is 17.5. The first-order valence-corrected chi connectivity index (χ1v) is 7.52. The first-order chi connectivity index (χ1) is 10.2. The molecular weight excluding hydrogens is 288 g/mol. The summed E-state index contributed by atoms with van der Waals surface area (Å²) < 4.78 is 7.54. The van der Waals surface area contributed by atoms with Gasteiger partial charge in [-0.1, -0.05) is 42.8 Å². The van der Waals surface area contributed by atoms with Gasteiger partial charge < -0.3 is 4.74 Å². The van der Waals surface area contributed by atoms with E-state index in [1.807, 2.05) is 19.1 Å². The van der Waals surface area contributed by atoms with Crippen LogP contribution in [0.5, 0.6) is 0 Å². The fourth-order valence-corrected chi connectivity index (χ4v) is 2.97. The van der Waals surface area contributed by atoms with Gasteiger partial charge in [-0.05, 0) is 17.5 Å². The van der Waals surface area contributed by atoms with Crippen LogP contribution in [0.1, 0.15) is 30.0 Å². The standard InChI is InChI=1S/C16H17ClN2O2/c1-2-15-18-14(17)9-16(20)19(15)10-13-12-6-4-3-5-11(12)7-8-21-13/h3-6,9,13H,2,7-8,10H2,1H3. The lowest BCUT2D eigenvalue weighted by Crippen LogP contribution is -2.29. The Balaban J connectivity index is 1.97. The summed E-state index contributed by atoms with van der Waals surface area (Å²) in [6, 6.07) is 9.59. The molecule has 0 saturated carbocycles. The van der Waals surface area contributed by atoms with Gasteiger partial charge in [0.2, 0.25) is 0 Å². The molecule has 21 heavy (non-hydrogen) atoms. The van der Waals surface area contributed by atoms with E-state index in [-0.39, 0.29) is 16.8 Å². The van der Waals surface area contributed by atoms with E-state index >= 15 is 0 Å². The molecule has 0 saturated heterocycles. The Labute approximate surface area is 128 Å². The molecule has 0 amide bonds. The van der Waals surface area contributed by atoms with Crippen molar-refractivity contribution in [3.8, 4) is 0 Å². The molecule has 1 aromatic carbocycles. The summed E-state index contributed by atoms with van der Waals surface area (Å²) in [4.78, 5) is 16.4. The molecule has 0 radical (unpaired) electrons. The maximum absolute atomic E-state index is 12.2. The van der Waals surface area contributed by atoms with Crippen LogP contribution in [0.15, 0.2) is 35.1 Å². The lowest BCUT2D eigenvalue weighted by atomic mass is 9.97. The van der Waals surface area contributed by atoms with Crippen LogP contribution in [0, 0.1) is 0 Å². The topological polar surface area (TPSA) is 44.1 Å². The highest BCUT2D eigenvalue weighted by Gasteiger charge is 2.22. The van der Waals surface area contributed by atoms with Crippen LogP contribution in [-0.2, 0) is 24.1 Å². The van der Waals surface area contributed by atoms with E-state index in [4.69, 9.17) is 16.3 Å². The minimum absolute atomic E-state index is 0.110. The van der Waals surface area contributed by atoms with Gasteiger partial charge >= 0.3 is 0 Å². The fraction of sp³-hybridized carbons (Fsp3) is 0.375. The first-order valence-electron chi connectivity index (χ1n) is 7.14. The molecule has 0 spiro atoms. The van der Waals surface area contributed by atoms with Gasteiger partial charge in [-0.2, -0.15) is 0 Å². The highest BCUT2D eigenvalue weighted by Crippen LogP contribution is 2.28. The molecule has 5 heteroatoms. The van der Waals surface area contributed by atoms with Gasteiger partial charge in [0.25, 0.3) is 5.56 Å². The van der Waals surface area contributed by atoms with Gasteiger partial charge in [-0.3, -0.25) is 9.36 Å². The zero-order chi connectivity index (χ0) is 14.8. The van der Waals surface area contributed by atoms with Crippen molar-refractivity contribution >= 4 is 11.6 Å². The number of aryl methyl sites for hydroxylation is 1. The molecule has 1 atom stereocenters. The van der Waals surface area contributed by atoms with Crippen LogP contribution >= 0.6 is 11.6 Å². The summed E-state index contributed by atoms with van der Waals surface area (Å²) in [7, 11) is 0. The summed E-state index contributed by atoms with van der Waals surface area (Å²) in [5, 5.41) is 0.248. The summed E-state index contributed by atoms with van der Waals surface area (Å²) in [5.74, 6) is 0.694. The van der Waals surface area contributed by atoms with E-state index in [0.29, 0.717) is 25.4 Å². The third-order valence-electron chi connectivity index (χ3n) is 3.81. The molecule has 110 valence electrons. The molecule has 0 bridgehead atoms. The van der Waals surface area contributed by atoms with Crippen molar-refractivity contribution in [2.45, 2.75) is 32.4 Å². The molecule has 3 rings (SSSR count). The number of rotatable bonds is 3. The Kier molecular flexibility index (Phi) is 4.08. The number of ether oxygens (including phenoxy) is 1. The van der Waals surface area contributed by atoms with Crippen molar-refractivity contribution in [3.63, 3.8) is 0 Å². The number of hydrogen-bond acceptors (Lipinski definition) is 3. The maximum atomic E-state index is 12.2. The van der Waals surface area contributed by atoms with Crippen molar-refractivity contribution in [1.29, 1.82) is 0 Å². The zero-order valence-corrected chi connectivity index (χ0v) is 12.6. The number of benzene rings is 1. The monoisotopic (exact) mass is 304 g/mol. The fourth-order valence-electron chi connectivity index (χ4n) is 2.78. The van der Waals surface area contributed by atoms with Crippen molar-refractivity contribution in [3.05, 3.63) is 62.8 Å². The Bertz CT molecular complexity index is 712. The Morgan fingerprint density at radius 2 is 2.24 bits per heavy atom. The van der Waals surface area contributed by atoms with Gasteiger partial charge in [-0.25, -0.2) is 4.98 Å². The second-order valence-electron chi connectivity index (χ2n) is 5.11. The average Bonchev–Trinajstić information content (AvgIpc) is 2.50. The Morgan fingerprint density at radius 3 is 3.05 bits per heavy atom. The van der Waals surface area contributed by atoms with E-state index in [1.165, 1.54) is 11.6 Å². The summed E-state index contributed by atoms with van der Waals surface area (Å²) in [6.07, 6.45) is 1.46. The van der Waals surface area contributed by atoms with Gasteiger partial charge in [0, 0.05) is 12.5 Å². The molecule has 0 aliphatic carbocycles. The summed E-state index contributed by atoms with van der Waals surface area (Å²) >= 11 is 5.87. The number of fused-ring (bicyclic) bond motifs is 1. The third-order valence-corrected chi connectivity index (χ3v) is 4.01. The molecule has 0 N–H and O–H groups in total. The predicted molar refractivity (Wildman–Crippen MR) is 81.7 cm³/mol. The highest BCUT2D eigenvalue weighted by atomic mass is 35.5. The quantitative estimate of drug-likeness (QED) is 0.819. The van der Waals surface area contributed by atoms with Crippen LogP contribution < -0.4 is 5.56 Å². The van der Waals surface area contributed by atoms with Crippen LogP contribution in [0.2, 0.25) is 5.15 Å². The van der Waals surface area contributed by atoms with Crippen molar-refractivity contribution in [1.82, 2.24) is 9.55 Å². The zero-order valence-electron chi connectivity index (χ0n) is 11.9. The molecule has 1 aromatic heterocycles. The van der Waals surface area contributed by atoms with Crippen LogP contribution in [0.3, 0.4) is 0 Å². The second kappa shape index (κ2) is 6.00. The minimum atomic E-state index is -0.126. The molecule has 0 fully saturated rings. The predicted octanol–water partition coefficient (Wildman–Crippen LogP) is 2.77. The van der Waals surface area contributed by atoms with Crippen LogP contribution in [0.4, 0.5) is 0 Å². The number of halogens is 1. The van der Waals surface area contributed by atoms with Crippen molar-refractivity contribution in [2.75, 3.05) is 6.61 Å². The van der Waals surface area contributed by atoms with E-state index < -0.39 is 0 Å². The Morgan fingerprint density at radius 1 is 1.43 bits per heavy atom. The molecular formula is C16H17ClN2O2. The lowest BCUT2D eigenvalue weighted by Gasteiger charge is -2.27. The SMILES string of the molecule is CCc1nc(Cl)cc(=O)n1CC1OCCc2ccccc21. The van der Waals surface area contributed by atoms with Gasteiger partial charge in [0.15, 0.2) is 0 Å². The smallest absolute Gasteiger partial charge is 0.255 e. The number of nitrogens with zero attached hydrogens (tertiary/aromatic N) is 2. The van der Waals surface area contributed by atoms with Crippen molar-refractivity contribution in [2.24, 2.45) is 0 Å². The van der Waals surface area contributed by atoms with Gasteiger partial charge in [0.1, 0.15) is 17.1 Å². The van der Waals surface area contributed by atoms with Crippen molar-refractivity contribution < 1.29 is 4.74 Å². The largest absolute Gasteiger partial charge is 0.371 e. The maximum Gasteiger partial charge on any atom is 0.255 e. The lowest BCUT2D eigenvalue weighted by molar-refractivity contribution is 0.0292. The minimum Gasteiger partial charge on any atom is -0.371 e. The molecule has 1 aliphatic heterocycles. The molecule has 2 heterocycles. The Hall–Kier alpha value is -1.65. The summed E-state index contributed by atoms with van der Waals surface area (Å²) in [6.45, 7) is 3.12. The number of hydrogen-bond donors (Lipinski definition) is 0. The van der Waals surface area contributed by atoms with Gasteiger partial charge in [0.05, 0.1) is 13.2 Å². The molecule has 2 aromatic rings. The van der Waals surface area contributed by atoms with Crippen LogP contribution in [0.25, 0.3) is 0 Å². The second-order valence-corrected chi connectivity index (χ2v) is 5.49.